The third-order valence-electron chi connectivity index (χ3n) is 3.33. The molecular weight excluding hydrogens is 347 g/mol. The van der Waals surface area contributed by atoms with E-state index in [0.717, 1.165) is 6.54 Å². The van der Waals surface area contributed by atoms with E-state index >= 15 is 0 Å². The van der Waals surface area contributed by atoms with E-state index in [4.69, 9.17) is 0 Å². The van der Waals surface area contributed by atoms with Crippen molar-refractivity contribution < 1.29 is 0 Å². The van der Waals surface area contributed by atoms with Gasteiger partial charge in [0.25, 0.3) is 0 Å². The Balaban J connectivity index is 1.84. The molecule has 0 bridgehead atoms. The van der Waals surface area contributed by atoms with Gasteiger partial charge < -0.3 is 10.3 Å². The van der Waals surface area contributed by atoms with E-state index in [1.807, 2.05) is 6.20 Å². The molecule has 2 aromatic carbocycles. The number of hydrogen-bond donors (Lipinski definition) is 2. The molecule has 1 aromatic heterocycles. The van der Waals surface area contributed by atoms with Crippen LogP contribution in [-0.2, 0) is 6.54 Å². The fraction of sp³-hybridized carbons (Fsp3) is 0.125. The monoisotopic (exact) mass is 362 g/mol. The van der Waals surface area contributed by atoms with Crippen molar-refractivity contribution in [1.29, 1.82) is 0 Å². The maximum atomic E-state index is 3.52. The molecule has 0 atom stereocenters. The molecule has 0 spiro atoms. The summed E-state index contributed by atoms with van der Waals surface area (Å²) in [7, 11) is 0. The van der Waals surface area contributed by atoms with Gasteiger partial charge in [0.2, 0.25) is 0 Å². The smallest absolute Gasteiger partial charge is 0.0504 e. The zero-order chi connectivity index (χ0) is 13.2. The van der Waals surface area contributed by atoms with Crippen LogP contribution in [0, 0.1) is 10.5 Å². The van der Waals surface area contributed by atoms with Gasteiger partial charge in [0.1, 0.15) is 0 Å². The number of aromatic nitrogens is 1. The molecule has 1 heterocycles. The maximum Gasteiger partial charge on any atom is 0.0504 e. The van der Waals surface area contributed by atoms with Crippen LogP contribution >= 0.6 is 22.6 Å². The zero-order valence-electron chi connectivity index (χ0n) is 10.7. The van der Waals surface area contributed by atoms with Crippen molar-refractivity contribution in [3.8, 4) is 0 Å². The van der Waals surface area contributed by atoms with Crippen LogP contribution in [0.3, 0.4) is 0 Å². The molecule has 3 heteroatoms. The fourth-order valence-electron chi connectivity index (χ4n) is 2.31. The number of fused-ring (bicyclic) bond motifs is 1. The van der Waals surface area contributed by atoms with Crippen LogP contribution in [0.15, 0.2) is 48.7 Å². The highest BCUT2D eigenvalue weighted by Gasteiger charge is 2.03. The van der Waals surface area contributed by atoms with E-state index in [9.17, 15) is 0 Å². The van der Waals surface area contributed by atoms with Gasteiger partial charge in [-0.1, -0.05) is 18.2 Å². The predicted octanol–water partition coefficient (Wildman–Crippen LogP) is 4.69. The largest absolute Gasteiger partial charge is 0.381 e. The SMILES string of the molecule is Cc1cc(I)ccc1NCc1cccc2cc[nH]c12. The summed E-state index contributed by atoms with van der Waals surface area (Å²) in [4.78, 5) is 3.31. The second kappa shape index (κ2) is 5.25. The number of anilines is 1. The van der Waals surface area contributed by atoms with Gasteiger partial charge in [-0.05, 0) is 70.3 Å². The normalized spacial score (nSPS) is 10.8. The molecule has 0 aliphatic heterocycles. The Kier molecular flexibility index (Phi) is 3.46. The summed E-state index contributed by atoms with van der Waals surface area (Å²) in [5, 5.41) is 4.78. The number of aromatic amines is 1. The molecule has 96 valence electrons. The Labute approximate surface area is 126 Å². The van der Waals surface area contributed by atoms with E-state index in [2.05, 4.69) is 82.3 Å². The van der Waals surface area contributed by atoms with Crippen molar-refractivity contribution in [2.45, 2.75) is 13.5 Å². The number of hydrogen-bond acceptors (Lipinski definition) is 1. The first kappa shape index (κ1) is 12.5. The Morgan fingerprint density at radius 3 is 2.89 bits per heavy atom. The van der Waals surface area contributed by atoms with Gasteiger partial charge >= 0.3 is 0 Å². The van der Waals surface area contributed by atoms with Crippen molar-refractivity contribution in [1.82, 2.24) is 4.98 Å². The lowest BCUT2D eigenvalue weighted by molar-refractivity contribution is 1.15. The van der Waals surface area contributed by atoms with Crippen LogP contribution in [-0.4, -0.2) is 4.98 Å². The molecule has 0 fully saturated rings. The number of H-pyrrole nitrogens is 1. The topological polar surface area (TPSA) is 27.8 Å². The van der Waals surface area contributed by atoms with Crippen LogP contribution in [0.2, 0.25) is 0 Å². The third-order valence-corrected chi connectivity index (χ3v) is 4.00. The summed E-state index contributed by atoms with van der Waals surface area (Å²) in [6, 6.07) is 15.0. The first-order chi connectivity index (χ1) is 9.24. The van der Waals surface area contributed by atoms with Gasteiger partial charge in [0.05, 0.1) is 5.52 Å². The van der Waals surface area contributed by atoms with Gasteiger partial charge in [0, 0.05) is 22.0 Å². The molecule has 0 saturated carbocycles. The molecule has 0 amide bonds. The first-order valence-corrected chi connectivity index (χ1v) is 7.37. The number of halogens is 1. The highest BCUT2D eigenvalue weighted by molar-refractivity contribution is 14.1. The minimum atomic E-state index is 0.833. The van der Waals surface area contributed by atoms with Crippen molar-refractivity contribution in [2.75, 3.05) is 5.32 Å². The van der Waals surface area contributed by atoms with Crippen molar-refractivity contribution in [2.24, 2.45) is 0 Å². The van der Waals surface area contributed by atoms with Gasteiger partial charge in [-0.15, -0.1) is 0 Å². The summed E-state index contributed by atoms with van der Waals surface area (Å²) in [5.74, 6) is 0. The van der Waals surface area contributed by atoms with Crippen LogP contribution in [0.4, 0.5) is 5.69 Å². The standard InChI is InChI=1S/C16H15IN2/c1-11-9-14(17)5-6-15(11)19-10-13-4-2-3-12-7-8-18-16(12)13/h2-9,18-19H,10H2,1H3. The fourth-order valence-corrected chi connectivity index (χ4v) is 2.96. The zero-order valence-corrected chi connectivity index (χ0v) is 12.9. The number of aryl methyl sites for hydroxylation is 1. The second-order valence-corrected chi connectivity index (χ2v) is 5.92. The predicted molar refractivity (Wildman–Crippen MR) is 89.5 cm³/mol. The number of nitrogens with one attached hydrogen (secondary N) is 2. The van der Waals surface area contributed by atoms with E-state index in [-0.39, 0.29) is 0 Å². The average Bonchev–Trinajstić information content (AvgIpc) is 2.86. The molecule has 0 unspecified atom stereocenters. The molecule has 3 rings (SSSR count). The van der Waals surface area contributed by atoms with Crippen molar-refractivity contribution >= 4 is 39.2 Å². The molecule has 2 nitrogen and oxygen atoms in total. The first-order valence-electron chi connectivity index (χ1n) is 6.29. The Bertz CT molecular complexity index is 716. The quantitative estimate of drug-likeness (QED) is 0.650. The van der Waals surface area contributed by atoms with Gasteiger partial charge in [-0.25, -0.2) is 0 Å². The van der Waals surface area contributed by atoms with E-state index in [0.29, 0.717) is 0 Å². The molecule has 0 saturated heterocycles. The number of rotatable bonds is 3. The van der Waals surface area contributed by atoms with Crippen LogP contribution < -0.4 is 5.32 Å². The van der Waals surface area contributed by atoms with Crippen molar-refractivity contribution in [3.63, 3.8) is 0 Å². The van der Waals surface area contributed by atoms with E-state index in [1.54, 1.807) is 0 Å². The lowest BCUT2D eigenvalue weighted by Gasteiger charge is -2.10. The molecule has 0 aliphatic carbocycles. The number of para-hydroxylation sites is 1. The lowest BCUT2D eigenvalue weighted by Crippen LogP contribution is -2.01. The van der Waals surface area contributed by atoms with E-state index in [1.165, 1.54) is 31.3 Å². The molecule has 0 aliphatic rings. The molecule has 2 N–H and O–H groups in total. The summed E-state index contributed by atoms with van der Waals surface area (Å²) in [5.41, 5.74) is 4.99. The molecular formula is C16H15IN2. The Morgan fingerprint density at radius 2 is 2.05 bits per heavy atom. The third kappa shape index (κ3) is 2.61. The van der Waals surface area contributed by atoms with Crippen molar-refractivity contribution in [3.05, 3.63) is 63.4 Å². The van der Waals surface area contributed by atoms with Crippen LogP contribution in [0.1, 0.15) is 11.1 Å². The Morgan fingerprint density at radius 1 is 1.16 bits per heavy atom. The summed E-state index contributed by atoms with van der Waals surface area (Å²) in [6.45, 7) is 2.97. The maximum absolute atomic E-state index is 3.52. The molecule has 0 radical (unpaired) electrons. The van der Waals surface area contributed by atoms with Crippen LogP contribution in [0.5, 0.6) is 0 Å². The van der Waals surface area contributed by atoms with E-state index < -0.39 is 0 Å². The second-order valence-electron chi connectivity index (χ2n) is 4.67. The lowest BCUT2D eigenvalue weighted by atomic mass is 10.1. The minimum absolute atomic E-state index is 0.833. The van der Waals surface area contributed by atoms with Crippen LogP contribution in [0.25, 0.3) is 10.9 Å². The van der Waals surface area contributed by atoms with Gasteiger partial charge in [-0.2, -0.15) is 0 Å². The summed E-state index contributed by atoms with van der Waals surface area (Å²) in [6.07, 6.45) is 1.99. The minimum Gasteiger partial charge on any atom is -0.381 e. The Hall–Kier alpha value is -1.49. The summed E-state index contributed by atoms with van der Waals surface area (Å²) < 4.78 is 1.27. The van der Waals surface area contributed by atoms with Gasteiger partial charge in [0.15, 0.2) is 0 Å². The average molecular weight is 362 g/mol. The highest BCUT2D eigenvalue weighted by Crippen LogP contribution is 2.21. The number of benzene rings is 2. The summed E-state index contributed by atoms with van der Waals surface area (Å²) >= 11 is 2.34. The molecule has 19 heavy (non-hydrogen) atoms. The molecule has 3 aromatic rings. The van der Waals surface area contributed by atoms with Gasteiger partial charge in [-0.3, -0.25) is 0 Å². The highest BCUT2D eigenvalue weighted by atomic mass is 127.